The molecule has 0 heterocycles. The van der Waals surface area contributed by atoms with Gasteiger partial charge in [-0.25, -0.2) is 0 Å². The molecule has 5 aromatic rings. The molecule has 5 aromatic carbocycles. The largest absolute Gasteiger partial charge is 0.296 e. The molecule has 0 saturated heterocycles. The van der Waals surface area contributed by atoms with Gasteiger partial charge in [0.1, 0.15) is 0 Å². The van der Waals surface area contributed by atoms with Crippen LogP contribution in [0.5, 0.6) is 0 Å². The van der Waals surface area contributed by atoms with Crippen LogP contribution < -0.4 is 21.2 Å². The van der Waals surface area contributed by atoms with Crippen LogP contribution in [0.2, 0.25) is 0 Å². The van der Waals surface area contributed by atoms with Gasteiger partial charge >= 0.3 is 0 Å². The Hall–Kier alpha value is -1.95. The monoisotopic (exact) mass is 730 g/mol. The van der Waals surface area contributed by atoms with Crippen molar-refractivity contribution in [2.24, 2.45) is 0 Å². The van der Waals surface area contributed by atoms with Crippen molar-refractivity contribution in [3.05, 3.63) is 154 Å². The third-order valence-corrected chi connectivity index (χ3v) is 14.4. The van der Waals surface area contributed by atoms with Crippen molar-refractivity contribution in [1.29, 1.82) is 0 Å². The standard InChI is InChI=1S/C18H24P2.2C8H11P.C7H8.Ni/c1-11-7-13(3)17(14(4)8-11)19-20-18-15(5)9-12(2)10-16(18)6;2*1-9(2)8-6-4-3-5-7-8;1-7-5-3-2-4-6-7;/h7-10,19-20H,1-6H3;2*3-7H,1-2H3;2-6H,1H3;/q+2;;;;/p+2. The molecule has 46 heavy (non-hydrogen) atoms. The first-order valence-electron chi connectivity index (χ1n) is 15.8. The molecule has 0 aliphatic heterocycles. The molecule has 0 spiro atoms. The summed E-state index contributed by atoms with van der Waals surface area (Å²) < 4.78 is 0. The van der Waals surface area contributed by atoms with Gasteiger partial charge in [-0.05, 0) is 72.7 Å². The van der Waals surface area contributed by atoms with Crippen LogP contribution in [-0.4, -0.2) is 26.7 Å². The quantitative estimate of drug-likeness (QED) is 0.128. The maximum absolute atomic E-state index is 2.31. The minimum atomic E-state index is -0.212. The number of aryl methyl sites for hydroxylation is 7. The Balaban J connectivity index is 0.000000339. The van der Waals surface area contributed by atoms with E-state index in [4.69, 9.17) is 0 Å². The van der Waals surface area contributed by atoms with E-state index in [-0.39, 0.29) is 32.3 Å². The van der Waals surface area contributed by atoms with Crippen LogP contribution in [0.15, 0.2) is 115 Å². The molecule has 0 aromatic heterocycles. The average molecular weight is 731 g/mol. The number of benzene rings is 5. The zero-order valence-electron chi connectivity index (χ0n) is 29.8. The summed E-state index contributed by atoms with van der Waals surface area (Å²) in [5, 5.41) is 6.16. The fourth-order valence-corrected chi connectivity index (χ4v) is 11.1. The molecule has 0 aliphatic carbocycles. The molecule has 2 atom stereocenters. The van der Waals surface area contributed by atoms with E-state index in [2.05, 4.69) is 172 Å². The van der Waals surface area contributed by atoms with E-state index in [1.807, 2.05) is 18.2 Å². The zero-order chi connectivity index (χ0) is 33.4. The summed E-state index contributed by atoms with van der Waals surface area (Å²) in [5.41, 5.74) is 9.89. The molecule has 246 valence electrons. The summed E-state index contributed by atoms with van der Waals surface area (Å²) in [7, 11) is 1.36. The van der Waals surface area contributed by atoms with Gasteiger partial charge in [-0.2, -0.15) is 0 Å². The Morgan fingerprint density at radius 1 is 0.370 bits per heavy atom. The van der Waals surface area contributed by atoms with E-state index in [0.29, 0.717) is 0 Å². The van der Waals surface area contributed by atoms with Crippen molar-refractivity contribution in [3.63, 3.8) is 0 Å². The van der Waals surface area contributed by atoms with Crippen molar-refractivity contribution in [2.75, 3.05) is 26.7 Å². The smallest absolute Gasteiger partial charge is 0.0622 e. The molecule has 0 radical (unpaired) electrons. The molecular weight excluding hydrogens is 675 g/mol. The second-order valence-electron chi connectivity index (χ2n) is 12.2. The van der Waals surface area contributed by atoms with Crippen molar-refractivity contribution in [3.8, 4) is 0 Å². The van der Waals surface area contributed by atoms with E-state index in [1.54, 1.807) is 10.6 Å². The molecule has 0 N–H and O–H groups in total. The van der Waals surface area contributed by atoms with E-state index in [1.165, 1.54) is 49.6 Å². The summed E-state index contributed by atoms with van der Waals surface area (Å²) in [4.78, 5) is 0. The average Bonchev–Trinajstić information content (AvgIpc) is 3.00. The van der Waals surface area contributed by atoms with Gasteiger partial charge in [0.25, 0.3) is 15.7 Å². The molecule has 5 heteroatoms. The van der Waals surface area contributed by atoms with Gasteiger partial charge in [0.2, 0.25) is 0 Å². The van der Waals surface area contributed by atoms with Gasteiger partial charge in [0.05, 0.1) is 37.3 Å². The molecular formula is C41H56NiP4+4. The number of hydrogen-bond acceptors (Lipinski definition) is 0. The van der Waals surface area contributed by atoms with Crippen molar-refractivity contribution in [1.82, 2.24) is 0 Å². The molecule has 5 rings (SSSR count). The van der Waals surface area contributed by atoms with Crippen LogP contribution in [0.1, 0.15) is 38.9 Å². The second-order valence-corrected chi connectivity index (χ2v) is 20.3. The Labute approximate surface area is 297 Å². The van der Waals surface area contributed by atoms with Crippen LogP contribution in [-0.2, 0) is 16.5 Å². The van der Waals surface area contributed by atoms with Crippen LogP contribution in [0.25, 0.3) is 0 Å². The predicted octanol–water partition coefficient (Wildman–Crippen LogP) is 10.3. The first kappa shape index (κ1) is 42.1. The first-order valence-corrected chi connectivity index (χ1v) is 23.8. The van der Waals surface area contributed by atoms with Gasteiger partial charge in [-0.15, -0.1) is 0 Å². The second kappa shape index (κ2) is 22.6. The van der Waals surface area contributed by atoms with Gasteiger partial charge in [0.15, 0.2) is 10.6 Å². The molecule has 2 unspecified atom stereocenters. The van der Waals surface area contributed by atoms with Crippen LogP contribution in [0.4, 0.5) is 0 Å². The first-order chi connectivity index (χ1) is 21.4. The van der Waals surface area contributed by atoms with E-state index < -0.39 is 0 Å². The van der Waals surface area contributed by atoms with E-state index >= 15 is 0 Å². The Morgan fingerprint density at radius 3 is 0.826 bits per heavy atom. The van der Waals surface area contributed by atoms with Gasteiger partial charge in [0, 0.05) is 54.6 Å². The molecule has 0 fully saturated rings. The molecule has 0 amide bonds. The molecule has 0 nitrogen and oxygen atoms in total. The number of rotatable bonds is 4. The van der Waals surface area contributed by atoms with E-state index in [9.17, 15) is 0 Å². The third-order valence-electron chi connectivity index (χ3n) is 7.31. The summed E-state index contributed by atoms with van der Waals surface area (Å²) in [6.07, 6.45) is 0. The Kier molecular flexibility index (Phi) is 20.7. The molecule has 0 bridgehead atoms. The normalized spacial score (nSPS) is 10.2. The topological polar surface area (TPSA) is 0 Å². The van der Waals surface area contributed by atoms with Crippen molar-refractivity contribution >= 4 is 52.8 Å². The van der Waals surface area contributed by atoms with Crippen molar-refractivity contribution < 1.29 is 16.5 Å². The zero-order valence-corrected chi connectivity index (χ0v) is 34.8. The van der Waals surface area contributed by atoms with Crippen molar-refractivity contribution in [2.45, 2.75) is 48.5 Å². The fraction of sp³-hybridized carbons (Fsp3) is 0.268. The minimum absolute atomic E-state index is 0. The summed E-state index contributed by atoms with van der Waals surface area (Å²) in [6.45, 7) is 24.7. The molecule has 0 aliphatic rings. The van der Waals surface area contributed by atoms with Gasteiger partial charge < -0.3 is 0 Å². The maximum Gasteiger partial charge on any atom is 0.296 e. The fourth-order valence-electron chi connectivity index (χ4n) is 4.96. The van der Waals surface area contributed by atoms with Crippen LogP contribution in [0.3, 0.4) is 0 Å². The SMILES string of the molecule is C[PH+](C)c1ccccc1.C[PH+](C)c1ccccc1.Cc1cc(C)c(/[PH+]=[PH+]/c2c(C)cc(C)cc2C)c(C)c1.Cc1ccccc1.[Ni]. The maximum atomic E-state index is 2.31. The molecule has 0 saturated carbocycles. The minimum Gasteiger partial charge on any atom is -0.0622 e. The van der Waals surface area contributed by atoms with E-state index in [0.717, 1.165) is 15.7 Å². The van der Waals surface area contributed by atoms with Gasteiger partial charge in [-0.1, -0.05) is 108 Å². The summed E-state index contributed by atoms with van der Waals surface area (Å²) in [6, 6.07) is 40.9. The summed E-state index contributed by atoms with van der Waals surface area (Å²) >= 11 is 0. The van der Waals surface area contributed by atoms with Gasteiger partial charge in [-0.3, -0.25) is 0 Å². The third kappa shape index (κ3) is 15.8. The number of hydrogen-bond donors (Lipinski definition) is 0. The summed E-state index contributed by atoms with van der Waals surface area (Å²) in [5.74, 6) is 0. The van der Waals surface area contributed by atoms with Crippen LogP contribution in [0, 0.1) is 48.5 Å². The van der Waals surface area contributed by atoms with Crippen LogP contribution >= 0.6 is 31.6 Å². The Morgan fingerprint density at radius 2 is 0.630 bits per heavy atom. The Bertz CT molecular complexity index is 1450. The predicted molar refractivity (Wildman–Crippen MR) is 221 cm³/mol.